The molecule has 29 heavy (non-hydrogen) atoms. The van der Waals surface area contributed by atoms with E-state index in [0.717, 1.165) is 33.9 Å². The number of fused-ring (bicyclic) bond motifs is 1. The highest BCUT2D eigenvalue weighted by atomic mass is 19.1. The summed E-state index contributed by atoms with van der Waals surface area (Å²) in [6, 6.07) is 17.8. The van der Waals surface area contributed by atoms with Crippen molar-refractivity contribution in [2.75, 3.05) is 5.32 Å². The Morgan fingerprint density at radius 2 is 1.86 bits per heavy atom. The van der Waals surface area contributed by atoms with Gasteiger partial charge in [-0.15, -0.1) is 0 Å². The van der Waals surface area contributed by atoms with E-state index in [9.17, 15) is 9.18 Å². The summed E-state index contributed by atoms with van der Waals surface area (Å²) >= 11 is 0. The Hall–Kier alpha value is -3.54. The largest absolute Gasteiger partial charge is 0.326 e. The van der Waals surface area contributed by atoms with Crippen LogP contribution in [0.25, 0.3) is 16.9 Å². The second-order valence-corrected chi connectivity index (χ2v) is 6.99. The molecule has 146 valence electrons. The molecule has 0 aliphatic carbocycles. The van der Waals surface area contributed by atoms with E-state index in [1.807, 2.05) is 54.8 Å². The molecule has 0 saturated heterocycles. The van der Waals surface area contributed by atoms with E-state index >= 15 is 0 Å². The summed E-state index contributed by atoms with van der Waals surface area (Å²) < 4.78 is 15.1. The van der Waals surface area contributed by atoms with Gasteiger partial charge in [0.2, 0.25) is 5.91 Å². The normalized spacial score (nSPS) is 11.0. The fraction of sp³-hybridized carbons (Fsp3) is 0.174. The highest BCUT2D eigenvalue weighted by Gasteiger charge is 2.14. The smallest absolute Gasteiger partial charge is 0.224 e. The van der Waals surface area contributed by atoms with E-state index in [1.165, 1.54) is 12.1 Å². The first-order valence-corrected chi connectivity index (χ1v) is 9.48. The molecule has 0 radical (unpaired) electrons. The molecule has 2 aromatic carbocycles. The average Bonchev–Trinajstić information content (AvgIpc) is 3.13. The van der Waals surface area contributed by atoms with Crippen LogP contribution in [0.3, 0.4) is 0 Å². The van der Waals surface area contributed by atoms with Gasteiger partial charge in [-0.25, -0.2) is 13.9 Å². The van der Waals surface area contributed by atoms with Crippen molar-refractivity contribution in [2.24, 2.45) is 0 Å². The van der Waals surface area contributed by atoms with E-state index in [2.05, 4.69) is 10.3 Å². The van der Waals surface area contributed by atoms with Crippen LogP contribution in [0.5, 0.6) is 0 Å². The van der Waals surface area contributed by atoms with Crippen LogP contribution in [0.1, 0.15) is 23.4 Å². The topological polar surface area (TPSA) is 59.3 Å². The molecule has 0 unspecified atom stereocenters. The van der Waals surface area contributed by atoms with Crippen LogP contribution in [-0.2, 0) is 11.2 Å². The third kappa shape index (κ3) is 4.01. The molecule has 0 saturated carbocycles. The fourth-order valence-electron chi connectivity index (χ4n) is 3.47. The number of nitrogens with one attached hydrogen (secondary N) is 1. The van der Waals surface area contributed by atoms with Crippen molar-refractivity contribution < 1.29 is 9.18 Å². The molecule has 2 heterocycles. The molecule has 0 fully saturated rings. The van der Waals surface area contributed by atoms with E-state index in [1.54, 1.807) is 12.1 Å². The van der Waals surface area contributed by atoms with E-state index in [4.69, 9.17) is 5.10 Å². The number of aromatic nitrogens is 3. The highest BCUT2D eigenvalue weighted by Crippen LogP contribution is 2.22. The predicted molar refractivity (Wildman–Crippen MR) is 111 cm³/mol. The Morgan fingerprint density at radius 1 is 1.07 bits per heavy atom. The number of aryl methyl sites for hydroxylation is 2. The van der Waals surface area contributed by atoms with Gasteiger partial charge in [-0.2, -0.15) is 5.10 Å². The van der Waals surface area contributed by atoms with Gasteiger partial charge in [0.15, 0.2) is 5.65 Å². The summed E-state index contributed by atoms with van der Waals surface area (Å²) in [5, 5.41) is 7.43. The Balaban J connectivity index is 1.55. The number of anilines is 1. The molecule has 2 aromatic heterocycles. The van der Waals surface area contributed by atoms with Gasteiger partial charge in [-0.05, 0) is 44.0 Å². The van der Waals surface area contributed by atoms with Crippen molar-refractivity contribution >= 4 is 17.2 Å². The van der Waals surface area contributed by atoms with Gasteiger partial charge in [0.05, 0.1) is 5.69 Å². The summed E-state index contributed by atoms with van der Waals surface area (Å²) in [6.07, 6.45) is 0.806. The molecular weight excluding hydrogens is 367 g/mol. The van der Waals surface area contributed by atoms with Gasteiger partial charge in [0.1, 0.15) is 5.82 Å². The molecule has 4 rings (SSSR count). The number of hydrogen-bond donors (Lipinski definition) is 1. The summed E-state index contributed by atoms with van der Waals surface area (Å²) in [4.78, 5) is 17.0. The lowest BCUT2D eigenvalue weighted by Gasteiger charge is -2.11. The van der Waals surface area contributed by atoms with Crippen LogP contribution < -0.4 is 5.32 Å². The van der Waals surface area contributed by atoms with Crippen LogP contribution in [-0.4, -0.2) is 20.5 Å². The van der Waals surface area contributed by atoms with E-state index in [-0.39, 0.29) is 18.1 Å². The Morgan fingerprint density at radius 3 is 2.62 bits per heavy atom. The summed E-state index contributed by atoms with van der Waals surface area (Å²) in [5.41, 5.74) is 5.98. The number of nitrogens with zero attached hydrogens (tertiary/aromatic N) is 3. The molecule has 0 atom stereocenters. The van der Waals surface area contributed by atoms with E-state index < -0.39 is 0 Å². The minimum absolute atomic E-state index is 0.167. The second-order valence-electron chi connectivity index (χ2n) is 6.99. The molecule has 1 amide bonds. The zero-order valence-corrected chi connectivity index (χ0v) is 16.3. The first kappa shape index (κ1) is 18.8. The maximum atomic E-state index is 13.3. The first-order valence-electron chi connectivity index (χ1n) is 9.48. The van der Waals surface area contributed by atoms with Crippen LogP contribution >= 0.6 is 0 Å². The van der Waals surface area contributed by atoms with Gasteiger partial charge >= 0.3 is 0 Å². The van der Waals surface area contributed by atoms with Crippen molar-refractivity contribution in [2.45, 2.75) is 26.7 Å². The van der Waals surface area contributed by atoms with Gasteiger partial charge in [-0.1, -0.05) is 36.4 Å². The molecule has 6 heteroatoms. The zero-order valence-electron chi connectivity index (χ0n) is 16.3. The maximum absolute atomic E-state index is 13.3. The fourth-order valence-corrected chi connectivity index (χ4v) is 3.47. The molecule has 0 bridgehead atoms. The van der Waals surface area contributed by atoms with Crippen molar-refractivity contribution in [3.8, 4) is 11.3 Å². The van der Waals surface area contributed by atoms with Crippen LogP contribution in [0.15, 0.2) is 60.7 Å². The average molecular weight is 388 g/mol. The number of amides is 1. The third-order valence-corrected chi connectivity index (χ3v) is 4.94. The first-order chi connectivity index (χ1) is 14.0. The molecule has 0 aliphatic heterocycles. The second kappa shape index (κ2) is 7.83. The molecular formula is C23H21FN4O. The maximum Gasteiger partial charge on any atom is 0.224 e. The predicted octanol–water partition coefficient (Wildman–Crippen LogP) is 4.72. The number of hydrogen-bond acceptors (Lipinski definition) is 3. The van der Waals surface area contributed by atoms with Gasteiger partial charge in [-0.3, -0.25) is 4.79 Å². The highest BCUT2D eigenvalue weighted by molar-refractivity contribution is 5.90. The Kier molecular flexibility index (Phi) is 5.08. The van der Waals surface area contributed by atoms with Crippen LogP contribution in [0, 0.1) is 19.7 Å². The van der Waals surface area contributed by atoms with Crippen molar-refractivity contribution in [1.82, 2.24) is 14.6 Å². The molecule has 0 aliphatic rings. The summed E-state index contributed by atoms with van der Waals surface area (Å²) in [7, 11) is 0. The monoisotopic (exact) mass is 388 g/mol. The van der Waals surface area contributed by atoms with Gasteiger partial charge in [0.25, 0.3) is 0 Å². The standard InChI is InChI=1S/C23H21FN4O/c1-15-20(11-12-23(29)26-19-10-6-9-18(24)13-19)16(2)28-22(25-15)14-21(27-28)17-7-4-3-5-8-17/h3-10,13-14H,11-12H2,1-2H3,(H,26,29). The van der Waals surface area contributed by atoms with Gasteiger partial charge < -0.3 is 5.32 Å². The zero-order chi connectivity index (χ0) is 20.4. The number of halogens is 1. The molecule has 0 spiro atoms. The van der Waals surface area contributed by atoms with Gasteiger partial charge in [0, 0.05) is 35.1 Å². The van der Waals surface area contributed by atoms with Crippen LogP contribution in [0.2, 0.25) is 0 Å². The van der Waals surface area contributed by atoms with Crippen molar-refractivity contribution in [3.05, 3.63) is 83.4 Å². The summed E-state index contributed by atoms with van der Waals surface area (Å²) in [6.45, 7) is 3.94. The molecule has 1 N–H and O–H groups in total. The minimum atomic E-state index is -0.378. The van der Waals surface area contributed by atoms with Crippen molar-refractivity contribution in [3.63, 3.8) is 0 Å². The number of benzene rings is 2. The number of carbonyl (C=O) groups excluding carboxylic acids is 1. The SMILES string of the molecule is Cc1nc2cc(-c3ccccc3)nn2c(C)c1CCC(=O)Nc1cccc(F)c1. The lowest BCUT2D eigenvalue weighted by molar-refractivity contribution is -0.116. The Labute approximate surface area is 168 Å². The minimum Gasteiger partial charge on any atom is -0.326 e. The summed E-state index contributed by atoms with van der Waals surface area (Å²) in [5.74, 6) is -0.544. The Bertz CT molecular complexity index is 1180. The third-order valence-electron chi connectivity index (χ3n) is 4.94. The lowest BCUT2D eigenvalue weighted by Crippen LogP contribution is -2.14. The van der Waals surface area contributed by atoms with Crippen LogP contribution in [0.4, 0.5) is 10.1 Å². The molecule has 4 aromatic rings. The van der Waals surface area contributed by atoms with E-state index in [0.29, 0.717) is 12.1 Å². The number of rotatable bonds is 5. The quantitative estimate of drug-likeness (QED) is 0.538. The van der Waals surface area contributed by atoms with Crippen molar-refractivity contribution in [1.29, 1.82) is 0 Å². The number of carbonyl (C=O) groups is 1. The molecule has 5 nitrogen and oxygen atoms in total. The lowest BCUT2D eigenvalue weighted by atomic mass is 10.1.